The van der Waals surface area contributed by atoms with Crippen LogP contribution in [0.3, 0.4) is 0 Å². The van der Waals surface area contributed by atoms with E-state index in [-0.39, 0.29) is 50.2 Å². The van der Waals surface area contributed by atoms with E-state index in [1.165, 1.54) is 17.4 Å². The summed E-state index contributed by atoms with van der Waals surface area (Å²) >= 11 is 0. The predicted octanol–water partition coefficient (Wildman–Crippen LogP) is -2.02. The largest absolute Gasteiger partial charge is 0.480 e. The number of carbonyl (C=O) groups is 8. The lowest BCUT2D eigenvalue weighted by molar-refractivity contribution is -0.142. The van der Waals surface area contributed by atoms with Crippen molar-refractivity contribution in [2.24, 2.45) is 5.73 Å². The third-order valence-electron chi connectivity index (χ3n) is 8.41. The van der Waals surface area contributed by atoms with Gasteiger partial charge in [-0.1, -0.05) is 51.9 Å². The number of aromatic nitrogens is 2. The van der Waals surface area contributed by atoms with Gasteiger partial charge in [0.1, 0.15) is 36.3 Å². The number of nitrogens with zero attached hydrogens (tertiary/aromatic N) is 2. The van der Waals surface area contributed by atoms with Crippen molar-refractivity contribution < 1.29 is 43.5 Å². The van der Waals surface area contributed by atoms with E-state index in [1.54, 1.807) is 30.3 Å². The number of imidazole rings is 1. The first-order valence-electron chi connectivity index (χ1n) is 16.4. The number of carboxylic acids is 1. The first-order valence-corrected chi connectivity index (χ1v) is 18.9. The lowest BCUT2D eigenvalue weighted by atomic mass is 10.0. The monoisotopic (exact) mass is 759 g/mol. The minimum absolute atomic E-state index is 0.0302. The number of H-pyrrole nitrogens is 1. The van der Waals surface area contributed by atoms with Gasteiger partial charge in [-0.05, 0) is 24.8 Å². The summed E-state index contributed by atoms with van der Waals surface area (Å²) in [5, 5.41) is 22.7. The summed E-state index contributed by atoms with van der Waals surface area (Å²) in [5.41, 5.74) is 6.52. The van der Waals surface area contributed by atoms with Gasteiger partial charge >= 0.3 is 5.97 Å². The third kappa shape index (κ3) is 11.5. The molecule has 0 aliphatic carbocycles. The van der Waals surface area contributed by atoms with Crippen LogP contribution in [-0.4, -0.2) is 122 Å². The number of amides is 7. The second-order valence-electron chi connectivity index (χ2n) is 12.2. The van der Waals surface area contributed by atoms with E-state index < -0.39 is 77.7 Å². The number of carboxylic acid groups (broad SMARTS) is 1. The smallest absolute Gasteiger partial charge is 0.327 e. The number of nitrogens with two attached hydrogens (primary N) is 1. The second kappa shape index (κ2) is 19.5. The second-order valence-corrected chi connectivity index (χ2v) is 14.7. The standard InChI is InChI=1S/C32H41N9O9S2/c33-26(43)9-8-20-27(44)38-21(11-18-5-2-1-3-6-18)28(45)40-24(32(49)50)15-52-51-14-23(36-17-42)29(46)39-22(12-19-13-34-16-35-19)31(48)41-10-4-7-25(41)30(47)37-20/h1-3,5-6,13,16-17,20-25H,4,7-12,14-15H2,(H2,33,43)(H,34,35)(H,36,42)(H,37,47)(H,38,44)(H,39,46)(H,40,45)(H,49,50)/t20-,21-,22-,23-,24-,25-/m0/s1. The summed E-state index contributed by atoms with van der Waals surface area (Å²) in [6.07, 6.45) is 3.26. The lowest BCUT2D eigenvalue weighted by Gasteiger charge is -2.31. The van der Waals surface area contributed by atoms with Crippen molar-refractivity contribution in [2.75, 3.05) is 18.1 Å². The zero-order chi connectivity index (χ0) is 37.6. The van der Waals surface area contributed by atoms with Crippen LogP contribution in [0.15, 0.2) is 42.9 Å². The zero-order valence-electron chi connectivity index (χ0n) is 27.9. The van der Waals surface area contributed by atoms with E-state index in [1.807, 2.05) is 0 Å². The molecule has 18 nitrogen and oxygen atoms in total. The average molecular weight is 760 g/mol. The van der Waals surface area contributed by atoms with E-state index >= 15 is 0 Å². The Bertz CT molecular complexity index is 1600. The van der Waals surface area contributed by atoms with Crippen molar-refractivity contribution in [3.8, 4) is 0 Å². The van der Waals surface area contributed by atoms with Gasteiger partial charge < -0.3 is 47.3 Å². The minimum Gasteiger partial charge on any atom is -0.480 e. The molecule has 1 aromatic heterocycles. The maximum absolute atomic E-state index is 14.1. The molecule has 9 N–H and O–H groups in total. The molecule has 2 aliphatic heterocycles. The van der Waals surface area contributed by atoms with Gasteiger partial charge in [0, 0.05) is 49.2 Å². The molecule has 0 unspecified atom stereocenters. The van der Waals surface area contributed by atoms with E-state index in [9.17, 15) is 43.5 Å². The van der Waals surface area contributed by atoms with Crippen LogP contribution in [0.1, 0.15) is 36.9 Å². The summed E-state index contributed by atoms with van der Waals surface area (Å²) in [6, 6.07) is 1.17. The van der Waals surface area contributed by atoms with Crippen molar-refractivity contribution in [3.05, 3.63) is 54.1 Å². The molecular formula is C32H41N9O9S2. The highest BCUT2D eigenvalue weighted by Gasteiger charge is 2.40. The molecule has 7 amide bonds. The molecule has 2 aliphatic rings. The first-order chi connectivity index (χ1) is 25.0. The van der Waals surface area contributed by atoms with E-state index in [2.05, 4.69) is 36.6 Å². The number of carbonyl (C=O) groups excluding carboxylic acids is 7. The van der Waals surface area contributed by atoms with Crippen LogP contribution in [0.2, 0.25) is 0 Å². The number of nitrogens with one attached hydrogen (secondary N) is 6. The Morgan fingerprint density at radius 1 is 0.923 bits per heavy atom. The average Bonchev–Trinajstić information content (AvgIpc) is 3.82. The van der Waals surface area contributed by atoms with Crippen LogP contribution in [0.25, 0.3) is 0 Å². The van der Waals surface area contributed by atoms with Crippen molar-refractivity contribution >= 4 is 69.4 Å². The van der Waals surface area contributed by atoms with Crippen LogP contribution >= 0.6 is 21.6 Å². The van der Waals surface area contributed by atoms with Gasteiger partial charge in [-0.2, -0.15) is 0 Å². The van der Waals surface area contributed by atoms with Crippen LogP contribution < -0.4 is 32.3 Å². The summed E-state index contributed by atoms with van der Waals surface area (Å²) < 4.78 is 0. The summed E-state index contributed by atoms with van der Waals surface area (Å²) in [5.74, 6) is -5.96. The van der Waals surface area contributed by atoms with E-state index in [4.69, 9.17) is 5.73 Å². The van der Waals surface area contributed by atoms with Gasteiger partial charge in [0.15, 0.2) is 0 Å². The number of benzene rings is 1. The van der Waals surface area contributed by atoms with Gasteiger partial charge in [0.25, 0.3) is 0 Å². The molecule has 6 atom stereocenters. The van der Waals surface area contributed by atoms with E-state index in [0.29, 0.717) is 24.1 Å². The Morgan fingerprint density at radius 3 is 2.29 bits per heavy atom. The maximum Gasteiger partial charge on any atom is 0.327 e. The number of aromatic amines is 1. The van der Waals surface area contributed by atoms with Crippen LogP contribution in [0.5, 0.6) is 0 Å². The first kappa shape index (κ1) is 39.7. The molecule has 280 valence electrons. The fourth-order valence-corrected chi connectivity index (χ4v) is 8.04. The Morgan fingerprint density at radius 2 is 1.62 bits per heavy atom. The van der Waals surface area contributed by atoms with Gasteiger partial charge in [-0.3, -0.25) is 33.6 Å². The Labute approximate surface area is 306 Å². The fraction of sp³-hybridized carbons (Fsp3) is 0.469. The molecule has 2 fully saturated rings. The van der Waals surface area contributed by atoms with Crippen molar-refractivity contribution in [2.45, 2.75) is 74.8 Å². The molecule has 1 aromatic carbocycles. The number of hydrogen-bond acceptors (Lipinski definition) is 11. The molecule has 4 rings (SSSR count). The van der Waals surface area contributed by atoms with Crippen molar-refractivity contribution in [3.63, 3.8) is 0 Å². The summed E-state index contributed by atoms with van der Waals surface area (Å²) in [7, 11) is 2.08. The van der Waals surface area contributed by atoms with Gasteiger partial charge in [0.2, 0.25) is 41.9 Å². The molecule has 0 spiro atoms. The Balaban J connectivity index is 1.69. The van der Waals surface area contributed by atoms with Crippen molar-refractivity contribution in [1.82, 2.24) is 41.5 Å². The molecule has 0 saturated carbocycles. The molecule has 2 saturated heterocycles. The number of fused-ring (bicyclic) bond motifs is 1. The number of hydrogen-bond donors (Lipinski definition) is 8. The summed E-state index contributed by atoms with van der Waals surface area (Å²) in [4.78, 5) is 112. The zero-order valence-corrected chi connectivity index (χ0v) is 29.6. The molecule has 3 heterocycles. The summed E-state index contributed by atoms with van der Waals surface area (Å²) in [6.45, 7) is 0.164. The highest BCUT2D eigenvalue weighted by molar-refractivity contribution is 8.76. The Hall–Kier alpha value is -5.11. The van der Waals surface area contributed by atoms with Gasteiger partial charge in [-0.15, -0.1) is 0 Å². The van der Waals surface area contributed by atoms with E-state index in [0.717, 1.165) is 21.6 Å². The molecule has 0 radical (unpaired) electrons. The molecule has 0 bridgehead atoms. The minimum atomic E-state index is -1.42. The number of aliphatic carboxylic acids is 1. The van der Waals surface area contributed by atoms with Gasteiger partial charge in [-0.25, -0.2) is 9.78 Å². The topological polar surface area (TPSA) is 275 Å². The third-order valence-corrected chi connectivity index (χ3v) is 10.8. The highest BCUT2D eigenvalue weighted by atomic mass is 33.1. The highest BCUT2D eigenvalue weighted by Crippen LogP contribution is 2.24. The van der Waals surface area contributed by atoms with Gasteiger partial charge in [0.05, 0.1) is 6.33 Å². The lowest BCUT2D eigenvalue weighted by Crippen LogP contribution is -2.60. The quantitative estimate of drug-likeness (QED) is 0.0964. The molecule has 20 heteroatoms. The SMILES string of the molecule is NC(=O)CC[C@@H]1NC(=O)[C@@H]2CCCN2C(=O)[C@H](Cc2cnc[nH]2)NC(=O)[C@@H](NC=O)CSSC[C@@H](C(=O)O)NC(=O)[C@H](Cc2ccccc2)NC1=O. The van der Waals surface area contributed by atoms with Crippen molar-refractivity contribution in [1.29, 1.82) is 0 Å². The number of primary amides is 1. The molecule has 2 aromatic rings. The van der Waals surface area contributed by atoms with Crippen LogP contribution in [0.4, 0.5) is 0 Å². The molecular weight excluding hydrogens is 719 g/mol. The predicted molar refractivity (Wildman–Crippen MR) is 189 cm³/mol. The molecule has 52 heavy (non-hydrogen) atoms. The Kier molecular flexibility index (Phi) is 14.9. The normalized spacial score (nSPS) is 25.5. The fourth-order valence-electron chi connectivity index (χ4n) is 5.71. The van der Waals surface area contributed by atoms with Crippen LogP contribution in [0, 0.1) is 0 Å². The number of rotatable bonds is 10. The van der Waals surface area contributed by atoms with Crippen LogP contribution in [-0.2, 0) is 51.2 Å². The maximum atomic E-state index is 14.1.